The van der Waals surface area contributed by atoms with Crippen LogP contribution in [0.1, 0.15) is 36.1 Å². The fourth-order valence-electron chi connectivity index (χ4n) is 3.31. The number of pyridine rings is 1. The third kappa shape index (κ3) is 4.42. The van der Waals surface area contributed by atoms with E-state index in [1.54, 1.807) is 0 Å². The molecular weight excluding hydrogens is 298 g/mol. The molecule has 0 radical (unpaired) electrons. The standard InChI is InChI=1S/C20H25N3O/c1-16-5-4-6-17(13-16)15-23-19(8-9-20(23)24)10-12-21-14-18-7-2-3-11-22-18/h2-7,11,13,19,21H,8-10,12,14-15H2,1H3/t19-/m0/s1. The van der Waals surface area contributed by atoms with Crippen LogP contribution in [0.2, 0.25) is 0 Å². The van der Waals surface area contributed by atoms with Crippen molar-refractivity contribution in [3.05, 3.63) is 65.5 Å². The normalized spacial score (nSPS) is 17.5. The molecule has 1 atom stereocenters. The lowest BCUT2D eigenvalue weighted by Crippen LogP contribution is -2.34. The van der Waals surface area contributed by atoms with Crippen LogP contribution in [-0.2, 0) is 17.9 Å². The number of hydrogen-bond donors (Lipinski definition) is 1. The third-order valence-corrected chi connectivity index (χ3v) is 4.57. The number of carbonyl (C=O) groups is 1. The Bertz CT molecular complexity index is 672. The Morgan fingerprint density at radius 3 is 2.96 bits per heavy atom. The molecule has 1 fully saturated rings. The maximum Gasteiger partial charge on any atom is 0.223 e. The Balaban J connectivity index is 1.50. The van der Waals surface area contributed by atoms with E-state index in [2.05, 4.69) is 46.4 Å². The Labute approximate surface area is 143 Å². The molecule has 2 heterocycles. The van der Waals surface area contributed by atoms with Gasteiger partial charge in [-0.2, -0.15) is 0 Å². The van der Waals surface area contributed by atoms with Crippen molar-refractivity contribution < 1.29 is 4.79 Å². The minimum atomic E-state index is 0.284. The number of hydrogen-bond acceptors (Lipinski definition) is 3. The van der Waals surface area contributed by atoms with Gasteiger partial charge in [0.15, 0.2) is 0 Å². The molecule has 1 aliphatic heterocycles. The van der Waals surface area contributed by atoms with E-state index < -0.39 is 0 Å². The lowest BCUT2D eigenvalue weighted by Gasteiger charge is -2.25. The van der Waals surface area contributed by atoms with Crippen LogP contribution in [0.5, 0.6) is 0 Å². The number of rotatable bonds is 7. The first-order chi connectivity index (χ1) is 11.7. The van der Waals surface area contributed by atoms with Crippen molar-refractivity contribution in [3.8, 4) is 0 Å². The van der Waals surface area contributed by atoms with Crippen LogP contribution in [-0.4, -0.2) is 28.4 Å². The van der Waals surface area contributed by atoms with Crippen LogP contribution in [0.15, 0.2) is 48.7 Å². The summed E-state index contributed by atoms with van der Waals surface area (Å²) in [6.45, 7) is 4.50. The molecule has 0 unspecified atom stereocenters. The van der Waals surface area contributed by atoms with Crippen LogP contribution < -0.4 is 5.32 Å². The first-order valence-electron chi connectivity index (χ1n) is 8.68. The Hall–Kier alpha value is -2.20. The number of aromatic nitrogens is 1. The number of nitrogens with zero attached hydrogens (tertiary/aromatic N) is 2. The monoisotopic (exact) mass is 323 g/mol. The first kappa shape index (κ1) is 16.7. The van der Waals surface area contributed by atoms with Gasteiger partial charge in [-0.1, -0.05) is 35.9 Å². The molecular formula is C20H25N3O. The average molecular weight is 323 g/mol. The highest BCUT2D eigenvalue weighted by Gasteiger charge is 2.30. The number of likely N-dealkylation sites (tertiary alicyclic amines) is 1. The number of nitrogens with one attached hydrogen (secondary N) is 1. The van der Waals surface area contributed by atoms with Gasteiger partial charge in [-0.05, 0) is 44.0 Å². The summed E-state index contributed by atoms with van der Waals surface area (Å²) in [5, 5.41) is 3.44. The molecule has 4 heteroatoms. The Morgan fingerprint density at radius 2 is 2.17 bits per heavy atom. The molecule has 0 saturated carbocycles. The summed E-state index contributed by atoms with van der Waals surface area (Å²) < 4.78 is 0. The van der Waals surface area contributed by atoms with Gasteiger partial charge in [0.1, 0.15) is 0 Å². The van der Waals surface area contributed by atoms with Crippen molar-refractivity contribution in [1.82, 2.24) is 15.2 Å². The molecule has 1 aromatic heterocycles. The molecule has 24 heavy (non-hydrogen) atoms. The van der Waals surface area contributed by atoms with Crippen molar-refractivity contribution in [2.45, 2.75) is 45.3 Å². The number of benzene rings is 1. The molecule has 3 rings (SSSR count). The average Bonchev–Trinajstić information content (AvgIpc) is 2.93. The van der Waals surface area contributed by atoms with Gasteiger partial charge in [0, 0.05) is 31.7 Å². The van der Waals surface area contributed by atoms with Crippen molar-refractivity contribution in [3.63, 3.8) is 0 Å². The fourth-order valence-corrected chi connectivity index (χ4v) is 3.31. The van der Waals surface area contributed by atoms with E-state index in [1.165, 1.54) is 11.1 Å². The number of aryl methyl sites for hydroxylation is 1. The number of amides is 1. The van der Waals surface area contributed by atoms with Gasteiger partial charge in [-0.15, -0.1) is 0 Å². The van der Waals surface area contributed by atoms with E-state index in [0.717, 1.165) is 38.2 Å². The summed E-state index contributed by atoms with van der Waals surface area (Å²) in [6, 6.07) is 14.7. The van der Waals surface area contributed by atoms with Crippen LogP contribution in [0.4, 0.5) is 0 Å². The Morgan fingerprint density at radius 1 is 1.25 bits per heavy atom. The van der Waals surface area contributed by atoms with Crippen LogP contribution in [0, 0.1) is 6.92 Å². The lowest BCUT2D eigenvalue weighted by molar-refractivity contribution is -0.129. The van der Waals surface area contributed by atoms with Crippen molar-refractivity contribution in [2.24, 2.45) is 0 Å². The zero-order chi connectivity index (χ0) is 16.8. The third-order valence-electron chi connectivity index (χ3n) is 4.57. The molecule has 0 bridgehead atoms. The summed E-state index contributed by atoms with van der Waals surface area (Å²) in [7, 11) is 0. The molecule has 1 amide bonds. The van der Waals surface area contributed by atoms with E-state index in [9.17, 15) is 4.79 Å². The molecule has 2 aromatic rings. The van der Waals surface area contributed by atoms with E-state index in [4.69, 9.17) is 0 Å². The van der Waals surface area contributed by atoms with Crippen LogP contribution in [0.3, 0.4) is 0 Å². The van der Waals surface area contributed by atoms with Crippen molar-refractivity contribution in [1.29, 1.82) is 0 Å². The van der Waals surface area contributed by atoms with Gasteiger partial charge in [0.25, 0.3) is 0 Å². The van der Waals surface area contributed by atoms with Gasteiger partial charge in [0.05, 0.1) is 5.69 Å². The van der Waals surface area contributed by atoms with Crippen LogP contribution >= 0.6 is 0 Å². The second-order valence-corrected chi connectivity index (χ2v) is 6.49. The lowest BCUT2D eigenvalue weighted by atomic mass is 10.1. The van der Waals surface area contributed by atoms with Crippen molar-refractivity contribution >= 4 is 5.91 Å². The number of carbonyl (C=O) groups excluding carboxylic acids is 1. The maximum absolute atomic E-state index is 12.2. The van der Waals surface area contributed by atoms with Crippen molar-refractivity contribution in [2.75, 3.05) is 6.54 Å². The molecule has 126 valence electrons. The fraction of sp³-hybridized carbons (Fsp3) is 0.400. The second-order valence-electron chi connectivity index (χ2n) is 6.49. The molecule has 1 saturated heterocycles. The highest BCUT2D eigenvalue weighted by Crippen LogP contribution is 2.23. The van der Waals surface area contributed by atoms with Gasteiger partial charge in [-0.3, -0.25) is 9.78 Å². The highest BCUT2D eigenvalue weighted by molar-refractivity contribution is 5.78. The largest absolute Gasteiger partial charge is 0.335 e. The van der Waals surface area contributed by atoms with E-state index in [1.807, 2.05) is 24.4 Å². The zero-order valence-electron chi connectivity index (χ0n) is 14.2. The minimum absolute atomic E-state index is 0.284. The molecule has 1 aromatic carbocycles. The highest BCUT2D eigenvalue weighted by atomic mass is 16.2. The SMILES string of the molecule is Cc1cccc(CN2C(=O)CC[C@H]2CCNCc2ccccn2)c1. The maximum atomic E-state index is 12.2. The summed E-state index contributed by atoms with van der Waals surface area (Å²) >= 11 is 0. The predicted molar refractivity (Wildman–Crippen MR) is 95.3 cm³/mol. The summed E-state index contributed by atoms with van der Waals surface area (Å²) in [5.74, 6) is 0.284. The predicted octanol–water partition coefficient (Wildman–Crippen LogP) is 3.06. The molecule has 1 aliphatic rings. The topological polar surface area (TPSA) is 45.2 Å². The summed E-state index contributed by atoms with van der Waals surface area (Å²) in [4.78, 5) is 18.6. The Kier molecular flexibility index (Phi) is 5.59. The van der Waals surface area contributed by atoms with Gasteiger partial charge in [-0.25, -0.2) is 0 Å². The zero-order valence-corrected chi connectivity index (χ0v) is 14.2. The smallest absolute Gasteiger partial charge is 0.223 e. The summed E-state index contributed by atoms with van der Waals surface area (Å²) in [5.41, 5.74) is 3.51. The molecule has 4 nitrogen and oxygen atoms in total. The second kappa shape index (κ2) is 8.06. The first-order valence-corrected chi connectivity index (χ1v) is 8.68. The van der Waals surface area contributed by atoms with E-state index in [0.29, 0.717) is 12.5 Å². The van der Waals surface area contributed by atoms with E-state index >= 15 is 0 Å². The van der Waals surface area contributed by atoms with E-state index in [-0.39, 0.29) is 5.91 Å². The van der Waals surface area contributed by atoms with Gasteiger partial charge >= 0.3 is 0 Å². The molecule has 1 N–H and O–H groups in total. The quantitative estimate of drug-likeness (QED) is 0.797. The van der Waals surface area contributed by atoms with Gasteiger partial charge < -0.3 is 10.2 Å². The molecule has 0 spiro atoms. The molecule has 0 aliphatic carbocycles. The summed E-state index contributed by atoms with van der Waals surface area (Å²) in [6.07, 6.45) is 4.45. The minimum Gasteiger partial charge on any atom is -0.335 e. The van der Waals surface area contributed by atoms with Gasteiger partial charge in [0.2, 0.25) is 5.91 Å². The van der Waals surface area contributed by atoms with Crippen LogP contribution in [0.25, 0.3) is 0 Å².